The van der Waals surface area contributed by atoms with Crippen LogP contribution in [0, 0.1) is 12.8 Å². The number of hydrogen-bond donors (Lipinski definition) is 2. The van der Waals surface area contributed by atoms with Crippen molar-refractivity contribution in [2.24, 2.45) is 10.9 Å². The molecule has 0 radical (unpaired) electrons. The summed E-state index contributed by atoms with van der Waals surface area (Å²) < 4.78 is 10.9. The van der Waals surface area contributed by atoms with Crippen LogP contribution in [0.2, 0.25) is 0 Å². The summed E-state index contributed by atoms with van der Waals surface area (Å²) in [5.41, 5.74) is 0. The lowest BCUT2D eigenvalue weighted by atomic mass is 9.98. The molecule has 1 fully saturated rings. The molecule has 0 saturated heterocycles. The number of ether oxygens (including phenoxy) is 1. The zero-order valence-electron chi connectivity index (χ0n) is 15.6. The third-order valence-electron chi connectivity index (χ3n) is 4.32. The van der Waals surface area contributed by atoms with Gasteiger partial charge < -0.3 is 19.9 Å². The molecule has 1 saturated carbocycles. The molecule has 2 rings (SSSR count). The van der Waals surface area contributed by atoms with E-state index in [9.17, 15) is 0 Å². The van der Waals surface area contributed by atoms with Gasteiger partial charge in [-0.1, -0.05) is 18.0 Å². The number of guanidine groups is 1. The smallest absolute Gasteiger partial charge is 0.223 e. The summed E-state index contributed by atoms with van der Waals surface area (Å²) in [7, 11) is 0. The molecule has 1 aliphatic rings. The monoisotopic (exact) mass is 465 g/mol. The molecule has 0 spiro atoms. The lowest BCUT2D eigenvalue weighted by molar-refractivity contribution is 0.0169. The first-order valence-electron chi connectivity index (χ1n) is 9.15. The summed E-state index contributed by atoms with van der Waals surface area (Å²) in [6.07, 6.45) is 6.65. The maximum Gasteiger partial charge on any atom is 0.223 e. The summed E-state index contributed by atoms with van der Waals surface area (Å²) in [5, 5.41) is 10.5. The summed E-state index contributed by atoms with van der Waals surface area (Å²) in [6.45, 7) is 8.76. The Morgan fingerprint density at radius 3 is 2.68 bits per heavy atom. The zero-order chi connectivity index (χ0) is 17.2. The van der Waals surface area contributed by atoms with Gasteiger partial charge in [0.15, 0.2) is 11.8 Å². The van der Waals surface area contributed by atoms with Crippen LogP contribution in [-0.4, -0.2) is 41.9 Å². The van der Waals surface area contributed by atoms with Gasteiger partial charge in [0.25, 0.3) is 0 Å². The summed E-state index contributed by atoms with van der Waals surface area (Å²) in [4.78, 5) is 8.67. The topological polar surface area (TPSA) is 84.6 Å². The van der Waals surface area contributed by atoms with E-state index < -0.39 is 0 Å². The van der Waals surface area contributed by atoms with Crippen molar-refractivity contribution >= 4 is 29.9 Å². The van der Waals surface area contributed by atoms with Gasteiger partial charge in [-0.25, -0.2) is 4.99 Å². The fourth-order valence-corrected chi connectivity index (χ4v) is 3.23. The van der Waals surface area contributed by atoms with Gasteiger partial charge >= 0.3 is 0 Å². The number of nitrogens with zero attached hydrogens (tertiary/aromatic N) is 3. The number of nitrogens with one attached hydrogen (secondary N) is 2. The molecular weight excluding hydrogens is 433 g/mol. The molecule has 1 aromatic heterocycles. The van der Waals surface area contributed by atoms with Crippen LogP contribution in [0.3, 0.4) is 0 Å². The Morgan fingerprint density at radius 2 is 2.08 bits per heavy atom. The molecule has 0 aromatic carbocycles. The number of halogens is 1. The Balaban J connectivity index is 0.00000312. The number of rotatable bonds is 9. The molecule has 0 aliphatic heterocycles. The molecule has 1 unspecified atom stereocenters. The zero-order valence-corrected chi connectivity index (χ0v) is 17.9. The van der Waals surface area contributed by atoms with Crippen LogP contribution >= 0.6 is 24.0 Å². The molecule has 144 valence electrons. The molecule has 0 bridgehead atoms. The third kappa shape index (κ3) is 7.89. The molecule has 1 aliphatic carbocycles. The molecule has 1 atom stereocenters. The van der Waals surface area contributed by atoms with Crippen LogP contribution in [-0.2, 0) is 11.3 Å². The maximum atomic E-state index is 5.97. The Bertz CT molecular complexity index is 503. The van der Waals surface area contributed by atoms with Crippen LogP contribution in [0.25, 0.3) is 0 Å². The van der Waals surface area contributed by atoms with Crippen molar-refractivity contribution in [1.82, 2.24) is 20.8 Å². The Labute approximate surface area is 167 Å². The van der Waals surface area contributed by atoms with Crippen LogP contribution in [0.15, 0.2) is 9.52 Å². The van der Waals surface area contributed by atoms with Crippen molar-refractivity contribution < 1.29 is 9.26 Å². The van der Waals surface area contributed by atoms with Gasteiger partial charge in [0.05, 0.1) is 6.10 Å². The first-order chi connectivity index (χ1) is 11.7. The van der Waals surface area contributed by atoms with Crippen LogP contribution < -0.4 is 10.6 Å². The fraction of sp³-hybridized carbons (Fsp3) is 0.824. The second-order valence-electron chi connectivity index (χ2n) is 6.18. The molecular formula is C17H32IN5O2. The highest BCUT2D eigenvalue weighted by Crippen LogP contribution is 2.30. The van der Waals surface area contributed by atoms with E-state index in [-0.39, 0.29) is 24.0 Å². The lowest BCUT2D eigenvalue weighted by Gasteiger charge is -2.24. The van der Waals surface area contributed by atoms with Gasteiger partial charge in [-0.2, -0.15) is 4.98 Å². The predicted octanol–water partition coefficient (Wildman–Crippen LogP) is 3.04. The minimum absolute atomic E-state index is 0. The van der Waals surface area contributed by atoms with Gasteiger partial charge in [-0.15, -0.1) is 24.0 Å². The first kappa shape index (κ1) is 22.1. The summed E-state index contributed by atoms with van der Waals surface area (Å²) in [6, 6.07) is 0. The van der Waals surface area contributed by atoms with Crippen molar-refractivity contribution in [3.05, 3.63) is 11.7 Å². The minimum Gasteiger partial charge on any atom is -0.378 e. The standard InChI is InChI=1S/C17H31N5O2.HI/c1-4-18-17(20-12-16-21-13(3)24-22-16)19-11-10-15(23-5-2)14-8-6-7-9-14;/h14-15H,4-12H2,1-3H3,(H2,18,19,20);1H. The van der Waals surface area contributed by atoms with Gasteiger partial charge in [-0.05, 0) is 39.0 Å². The van der Waals surface area contributed by atoms with Gasteiger partial charge in [0.1, 0.15) is 6.54 Å². The van der Waals surface area contributed by atoms with E-state index in [1.54, 1.807) is 6.92 Å². The van der Waals surface area contributed by atoms with E-state index in [0.717, 1.165) is 32.1 Å². The van der Waals surface area contributed by atoms with Crippen LogP contribution in [0.5, 0.6) is 0 Å². The van der Waals surface area contributed by atoms with Crippen molar-refractivity contribution in [1.29, 1.82) is 0 Å². The highest BCUT2D eigenvalue weighted by molar-refractivity contribution is 14.0. The predicted molar refractivity (Wildman–Crippen MR) is 109 cm³/mol. The fourth-order valence-electron chi connectivity index (χ4n) is 3.23. The number of aliphatic imine (C=N–C) groups is 1. The minimum atomic E-state index is 0. The maximum absolute atomic E-state index is 5.97. The molecule has 8 heteroatoms. The third-order valence-corrected chi connectivity index (χ3v) is 4.32. The Kier molecular flexibility index (Phi) is 11.0. The van der Waals surface area contributed by atoms with Gasteiger partial charge in [-0.3, -0.25) is 0 Å². The van der Waals surface area contributed by atoms with Crippen LogP contribution in [0.1, 0.15) is 57.7 Å². The lowest BCUT2D eigenvalue weighted by Crippen LogP contribution is -2.39. The first-order valence-corrected chi connectivity index (χ1v) is 9.15. The van der Waals surface area contributed by atoms with Crippen molar-refractivity contribution in [3.8, 4) is 0 Å². The average molecular weight is 465 g/mol. The van der Waals surface area contributed by atoms with Crippen molar-refractivity contribution in [2.75, 3.05) is 19.7 Å². The van der Waals surface area contributed by atoms with E-state index in [4.69, 9.17) is 9.26 Å². The number of aromatic nitrogens is 2. The highest BCUT2D eigenvalue weighted by Gasteiger charge is 2.25. The molecule has 25 heavy (non-hydrogen) atoms. The number of aryl methyl sites for hydroxylation is 1. The van der Waals surface area contributed by atoms with Crippen LogP contribution in [0.4, 0.5) is 0 Å². The van der Waals surface area contributed by atoms with Gasteiger partial charge in [0, 0.05) is 26.6 Å². The average Bonchev–Trinajstić information content (AvgIpc) is 3.23. The van der Waals surface area contributed by atoms with Gasteiger partial charge in [0.2, 0.25) is 5.89 Å². The van der Waals surface area contributed by atoms with E-state index >= 15 is 0 Å². The van der Waals surface area contributed by atoms with E-state index in [1.807, 2.05) is 0 Å². The Hall–Kier alpha value is -0.900. The van der Waals surface area contributed by atoms with Crippen molar-refractivity contribution in [3.63, 3.8) is 0 Å². The second-order valence-corrected chi connectivity index (χ2v) is 6.18. The van der Waals surface area contributed by atoms with Crippen molar-refractivity contribution in [2.45, 2.75) is 65.5 Å². The quantitative estimate of drug-likeness (QED) is 0.332. The number of hydrogen-bond acceptors (Lipinski definition) is 5. The largest absolute Gasteiger partial charge is 0.378 e. The second kappa shape index (κ2) is 12.5. The molecule has 1 aromatic rings. The van der Waals surface area contributed by atoms with E-state index in [2.05, 4.69) is 39.6 Å². The van der Waals surface area contributed by atoms with E-state index in [1.165, 1.54) is 25.7 Å². The summed E-state index contributed by atoms with van der Waals surface area (Å²) >= 11 is 0. The summed E-state index contributed by atoms with van der Waals surface area (Å²) in [5.74, 6) is 2.66. The Morgan fingerprint density at radius 1 is 1.32 bits per heavy atom. The van der Waals surface area contributed by atoms with E-state index in [0.29, 0.717) is 30.3 Å². The highest BCUT2D eigenvalue weighted by atomic mass is 127. The molecule has 7 nitrogen and oxygen atoms in total. The molecule has 1 heterocycles. The normalized spacial score (nSPS) is 16.5. The SMILES string of the molecule is CCNC(=NCc1noc(C)n1)NCCC(OCC)C1CCCC1.I. The molecule has 2 N–H and O–H groups in total. The molecule has 0 amide bonds.